The van der Waals surface area contributed by atoms with E-state index in [0.717, 1.165) is 25.7 Å². The molecule has 3 rings (SSSR count). The molecule has 0 aromatic heterocycles. The third-order valence-corrected chi connectivity index (χ3v) is 7.07. The second-order valence-corrected chi connectivity index (χ2v) is 9.40. The molecule has 2 aromatic carbocycles. The van der Waals surface area contributed by atoms with Crippen molar-refractivity contribution in [2.24, 2.45) is 0 Å². The Labute approximate surface area is 180 Å². The molecule has 29 heavy (non-hydrogen) atoms. The van der Waals surface area contributed by atoms with Gasteiger partial charge in [0.2, 0.25) is 10.0 Å². The van der Waals surface area contributed by atoms with Gasteiger partial charge in [0.25, 0.3) is 5.91 Å². The minimum atomic E-state index is -3.99. The number of hydrogen-bond acceptors (Lipinski definition) is 4. The van der Waals surface area contributed by atoms with Crippen molar-refractivity contribution >= 4 is 39.1 Å². The molecule has 0 unspecified atom stereocenters. The van der Waals surface area contributed by atoms with Gasteiger partial charge >= 0.3 is 0 Å². The second kappa shape index (κ2) is 9.34. The number of nitrogens with one attached hydrogen (secondary N) is 2. The molecule has 6 nitrogen and oxygen atoms in total. The minimum Gasteiger partial charge on any atom is -0.496 e. The van der Waals surface area contributed by atoms with Crippen LogP contribution in [0.5, 0.6) is 5.75 Å². The number of hydrogen-bond donors (Lipinski definition) is 2. The maximum Gasteiger partial charge on any atom is 0.253 e. The van der Waals surface area contributed by atoms with Gasteiger partial charge in [-0.3, -0.25) is 4.79 Å². The van der Waals surface area contributed by atoms with E-state index in [1.54, 1.807) is 24.3 Å². The van der Waals surface area contributed by atoms with Gasteiger partial charge in [0, 0.05) is 18.2 Å². The van der Waals surface area contributed by atoms with Crippen molar-refractivity contribution in [1.29, 1.82) is 0 Å². The van der Waals surface area contributed by atoms with Crippen LogP contribution >= 0.6 is 23.2 Å². The number of carbonyl (C=O) groups is 1. The summed E-state index contributed by atoms with van der Waals surface area (Å²) in [6.45, 7) is 0.00884. The maximum atomic E-state index is 12.8. The Morgan fingerprint density at radius 3 is 2.52 bits per heavy atom. The third-order valence-electron chi connectivity index (χ3n) is 4.89. The van der Waals surface area contributed by atoms with Gasteiger partial charge in [-0.25, -0.2) is 13.1 Å². The molecule has 1 saturated carbocycles. The van der Waals surface area contributed by atoms with E-state index in [4.69, 9.17) is 27.9 Å². The van der Waals surface area contributed by atoms with Crippen LogP contribution in [0.2, 0.25) is 10.0 Å². The highest BCUT2D eigenvalue weighted by Crippen LogP contribution is 2.30. The molecule has 0 saturated heterocycles. The molecule has 2 N–H and O–H groups in total. The molecule has 0 heterocycles. The van der Waals surface area contributed by atoms with Gasteiger partial charge in [-0.1, -0.05) is 54.2 Å². The van der Waals surface area contributed by atoms with E-state index in [-0.39, 0.29) is 33.1 Å². The average molecular weight is 457 g/mol. The monoisotopic (exact) mass is 456 g/mol. The summed E-state index contributed by atoms with van der Waals surface area (Å²) in [5, 5.41) is 2.96. The van der Waals surface area contributed by atoms with Crippen molar-refractivity contribution in [2.75, 3.05) is 7.11 Å². The smallest absolute Gasteiger partial charge is 0.253 e. The molecule has 1 fully saturated rings. The first-order valence-corrected chi connectivity index (χ1v) is 11.5. The Morgan fingerprint density at radius 2 is 1.83 bits per heavy atom. The second-order valence-electron chi connectivity index (χ2n) is 6.85. The standard InChI is InChI=1S/C20H22Cl2N2O4S/c1-28-18-9-5-2-6-13(18)12-23-29(26,27)19-10-15(16(21)11-17(19)22)20(25)24-14-7-3-4-8-14/h2,5-6,9-11,14,23H,3-4,7-8,12H2,1H3,(H,24,25). The van der Waals surface area contributed by atoms with E-state index in [0.29, 0.717) is 11.3 Å². The Balaban J connectivity index is 1.83. The summed E-state index contributed by atoms with van der Waals surface area (Å²) < 4.78 is 33.4. The minimum absolute atomic E-state index is 0.00884. The van der Waals surface area contributed by atoms with Gasteiger partial charge < -0.3 is 10.1 Å². The first kappa shape index (κ1) is 21.9. The molecule has 1 amide bonds. The van der Waals surface area contributed by atoms with Gasteiger partial charge in [-0.05, 0) is 31.0 Å². The van der Waals surface area contributed by atoms with Gasteiger partial charge in [0.05, 0.1) is 22.7 Å². The summed E-state index contributed by atoms with van der Waals surface area (Å²) in [5.41, 5.74) is 0.753. The van der Waals surface area contributed by atoms with Gasteiger partial charge in [0.15, 0.2) is 0 Å². The van der Waals surface area contributed by atoms with Crippen LogP contribution in [0.3, 0.4) is 0 Å². The van der Waals surface area contributed by atoms with Crippen molar-refractivity contribution in [1.82, 2.24) is 10.0 Å². The molecular formula is C20H22Cl2N2O4S. The van der Waals surface area contributed by atoms with Crippen LogP contribution in [0.25, 0.3) is 0 Å². The topological polar surface area (TPSA) is 84.5 Å². The predicted octanol–water partition coefficient (Wildman–Crippen LogP) is 4.15. The zero-order valence-corrected chi connectivity index (χ0v) is 18.2. The third kappa shape index (κ3) is 5.22. The molecular weight excluding hydrogens is 435 g/mol. The number of ether oxygens (including phenoxy) is 1. The zero-order chi connectivity index (χ0) is 21.0. The van der Waals surface area contributed by atoms with Gasteiger partial charge in [0.1, 0.15) is 10.6 Å². The van der Waals surface area contributed by atoms with E-state index < -0.39 is 15.9 Å². The fourth-order valence-corrected chi connectivity index (χ4v) is 5.21. The van der Waals surface area contributed by atoms with Gasteiger partial charge in [-0.2, -0.15) is 0 Å². The highest BCUT2D eigenvalue weighted by Gasteiger charge is 2.25. The van der Waals surface area contributed by atoms with Crippen LogP contribution in [0.1, 0.15) is 41.6 Å². The molecule has 0 atom stereocenters. The molecule has 9 heteroatoms. The number of sulfonamides is 1. The number of benzene rings is 2. The van der Waals surface area contributed by atoms with E-state index >= 15 is 0 Å². The number of amides is 1. The number of rotatable bonds is 7. The summed E-state index contributed by atoms with van der Waals surface area (Å²) in [7, 11) is -2.48. The van der Waals surface area contributed by atoms with Crippen LogP contribution in [-0.4, -0.2) is 27.5 Å². The first-order valence-electron chi connectivity index (χ1n) is 9.23. The van der Waals surface area contributed by atoms with Crippen molar-refractivity contribution in [2.45, 2.75) is 43.2 Å². The van der Waals surface area contributed by atoms with Crippen molar-refractivity contribution in [3.8, 4) is 5.75 Å². The van der Waals surface area contributed by atoms with Crippen LogP contribution in [0, 0.1) is 0 Å². The van der Waals surface area contributed by atoms with Crippen LogP contribution in [0.4, 0.5) is 0 Å². The lowest BCUT2D eigenvalue weighted by molar-refractivity contribution is 0.0938. The fraction of sp³-hybridized carbons (Fsp3) is 0.350. The summed E-state index contributed by atoms with van der Waals surface area (Å²) in [6, 6.07) is 9.66. The first-order chi connectivity index (χ1) is 13.8. The predicted molar refractivity (Wildman–Crippen MR) is 113 cm³/mol. The SMILES string of the molecule is COc1ccccc1CNS(=O)(=O)c1cc(C(=O)NC2CCCC2)c(Cl)cc1Cl. The molecule has 2 aromatic rings. The average Bonchev–Trinajstić information content (AvgIpc) is 3.19. The molecule has 1 aliphatic carbocycles. The Hall–Kier alpha value is -1.80. The lowest BCUT2D eigenvalue weighted by atomic mass is 10.2. The zero-order valence-electron chi connectivity index (χ0n) is 15.9. The molecule has 1 aliphatic rings. The summed E-state index contributed by atoms with van der Waals surface area (Å²) in [4.78, 5) is 12.4. The van der Waals surface area contributed by atoms with Crippen molar-refractivity contribution < 1.29 is 17.9 Å². The fourth-order valence-electron chi connectivity index (χ4n) is 3.34. The van der Waals surface area contributed by atoms with E-state index in [9.17, 15) is 13.2 Å². The van der Waals surface area contributed by atoms with Crippen molar-refractivity contribution in [3.63, 3.8) is 0 Å². The van der Waals surface area contributed by atoms with E-state index in [2.05, 4.69) is 10.0 Å². The molecule has 156 valence electrons. The highest BCUT2D eigenvalue weighted by atomic mass is 35.5. The lowest BCUT2D eigenvalue weighted by Gasteiger charge is -2.15. The Bertz CT molecular complexity index is 1010. The number of carbonyl (C=O) groups excluding carboxylic acids is 1. The summed E-state index contributed by atoms with van der Waals surface area (Å²) >= 11 is 12.3. The number of halogens is 2. The molecule has 0 aliphatic heterocycles. The largest absolute Gasteiger partial charge is 0.496 e. The molecule has 0 spiro atoms. The normalized spacial score (nSPS) is 14.7. The van der Waals surface area contributed by atoms with Crippen molar-refractivity contribution in [3.05, 3.63) is 57.6 Å². The Morgan fingerprint density at radius 1 is 1.14 bits per heavy atom. The number of para-hydroxylation sites is 1. The van der Waals surface area contributed by atoms with Crippen LogP contribution < -0.4 is 14.8 Å². The molecule has 0 bridgehead atoms. The van der Waals surface area contributed by atoms with Crippen LogP contribution in [0.15, 0.2) is 41.3 Å². The highest BCUT2D eigenvalue weighted by molar-refractivity contribution is 7.89. The number of methoxy groups -OCH3 is 1. The van der Waals surface area contributed by atoms with E-state index in [1.165, 1.54) is 19.2 Å². The lowest BCUT2D eigenvalue weighted by Crippen LogP contribution is -2.33. The van der Waals surface area contributed by atoms with Crippen LogP contribution in [-0.2, 0) is 16.6 Å². The summed E-state index contributed by atoms with van der Waals surface area (Å²) in [6.07, 6.45) is 3.93. The quantitative estimate of drug-likeness (QED) is 0.654. The Kier molecular flexibility index (Phi) is 7.05. The van der Waals surface area contributed by atoms with Gasteiger partial charge in [-0.15, -0.1) is 0 Å². The maximum absolute atomic E-state index is 12.8. The molecule has 0 radical (unpaired) electrons. The summed E-state index contributed by atoms with van der Waals surface area (Å²) in [5.74, 6) is 0.161. The van der Waals surface area contributed by atoms with E-state index in [1.807, 2.05) is 0 Å².